The minimum absolute atomic E-state index is 0.0107. The van der Waals surface area contributed by atoms with Gasteiger partial charge in [0, 0.05) is 71.6 Å². The maximum atomic E-state index is 10.6. The minimum atomic E-state index is 0.0107. The molecule has 0 aliphatic carbocycles. The van der Waals surface area contributed by atoms with Gasteiger partial charge < -0.3 is 24.8 Å². The number of nitrogens with one attached hydrogen (secondary N) is 1. The molecule has 2 N–H and O–H groups in total. The zero-order chi connectivity index (χ0) is 30.6. The molecule has 0 saturated carbocycles. The van der Waals surface area contributed by atoms with E-state index in [1.54, 1.807) is 0 Å². The Morgan fingerprint density at radius 1 is 0.762 bits per heavy atom. The number of hydrogen-bond donors (Lipinski definition) is 2. The molecule has 5 rings (SSSR count). The number of aliphatic hydroxyl groups is 1. The fourth-order valence-electron chi connectivity index (χ4n) is 5.02. The molecule has 1 fully saturated rings. The third kappa shape index (κ3) is 12.6. The largest absolute Gasteiger partial charge is 0.400 e. The van der Waals surface area contributed by atoms with Crippen molar-refractivity contribution in [1.29, 1.82) is 0 Å². The number of aryl methyl sites for hydroxylation is 2. The summed E-state index contributed by atoms with van der Waals surface area (Å²) in [4.78, 5) is 15.8. The second kappa shape index (κ2) is 20.4. The lowest BCUT2D eigenvalue weighted by molar-refractivity contribution is -0.119. The molecule has 1 amide bonds. The Morgan fingerprint density at radius 2 is 1.38 bits per heavy atom. The average Bonchev–Trinajstić information content (AvgIpc) is 3.45. The van der Waals surface area contributed by atoms with Crippen LogP contribution >= 0.6 is 0 Å². The number of aliphatic hydroxyl groups excluding tert-OH is 1. The minimum Gasteiger partial charge on any atom is -0.400 e. The van der Waals surface area contributed by atoms with E-state index in [2.05, 4.69) is 92.6 Å². The van der Waals surface area contributed by atoms with E-state index in [-0.39, 0.29) is 5.91 Å². The number of para-hydroxylation sites is 1. The number of rotatable bonds is 9. The summed E-state index contributed by atoms with van der Waals surface area (Å²) in [6.45, 7) is 16.5. The molecule has 0 spiro atoms. The van der Waals surface area contributed by atoms with E-state index in [9.17, 15) is 4.79 Å². The zero-order valence-electron chi connectivity index (χ0n) is 26.4. The Balaban J connectivity index is 0.000000324. The third-order valence-electron chi connectivity index (χ3n) is 7.20. The summed E-state index contributed by atoms with van der Waals surface area (Å²) in [5, 5.41) is 11.1. The van der Waals surface area contributed by atoms with E-state index in [1.807, 2.05) is 39.0 Å². The Hall–Kier alpha value is -3.45. The molecule has 1 aliphatic rings. The highest BCUT2D eigenvalue weighted by Gasteiger charge is 2.16. The molecule has 228 valence electrons. The average molecular weight is 573 g/mol. The molecule has 0 radical (unpaired) electrons. The Morgan fingerprint density at radius 3 is 2.05 bits per heavy atom. The molecule has 2 heterocycles. The van der Waals surface area contributed by atoms with Crippen molar-refractivity contribution in [3.05, 3.63) is 108 Å². The number of hydrogen-bond acceptors (Lipinski definition) is 4. The van der Waals surface area contributed by atoms with Crippen molar-refractivity contribution in [2.24, 2.45) is 0 Å². The van der Waals surface area contributed by atoms with Crippen molar-refractivity contribution < 1.29 is 9.90 Å². The van der Waals surface area contributed by atoms with Gasteiger partial charge in [-0.1, -0.05) is 92.2 Å². The zero-order valence-corrected chi connectivity index (χ0v) is 26.4. The fraction of sp³-hybridized carbons (Fsp3) is 0.417. The number of amides is 1. The van der Waals surface area contributed by atoms with Crippen LogP contribution in [0.1, 0.15) is 43.9 Å². The van der Waals surface area contributed by atoms with E-state index < -0.39 is 0 Å². The van der Waals surface area contributed by atoms with Crippen LogP contribution in [0.15, 0.2) is 91.1 Å². The number of carbonyl (C=O) groups excluding carboxylic acids is 1. The normalized spacial score (nSPS) is 13.1. The van der Waals surface area contributed by atoms with Crippen LogP contribution in [0.2, 0.25) is 0 Å². The van der Waals surface area contributed by atoms with Crippen molar-refractivity contribution in [2.75, 3.05) is 46.4 Å². The van der Waals surface area contributed by atoms with Gasteiger partial charge in [-0.25, -0.2) is 0 Å². The van der Waals surface area contributed by atoms with Crippen molar-refractivity contribution in [2.45, 2.75) is 53.6 Å². The first kappa shape index (κ1) is 34.7. The first-order valence-electron chi connectivity index (χ1n) is 15.3. The monoisotopic (exact) mass is 572 g/mol. The van der Waals surface area contributed by atoms with Gasteiger partial charge >= 0.3 is 0 Å². The van der Waals surface area contributed by atoms with Crippen molar-refractivity contribution in [3.63, 3.8) is 0 Å². The standard InChI is InChI=1S/C23H29N3.C10H13NO.C2H6.CH4O/c1-2-7-21(8-3-1)11-15-25-19-17-24(18-20-25)13-6-14-26-16-12-22-9-4-5-10-23(22)26;1-8-4-3-5-10(6-8)7-11-9(2)12;2*1-2/h1-5,7-10,12,16H,6,11,13-15,17-20H2;3-6H,7H2,1-2H3,(H,11,12);1-2H3;2H,1H3. The molecule has 6 nitrogen and oxygen atoms in total. The van der Waals surface area contributed by atoms with E-state index in [0.29, 0.717) is 6.54 Å². The number of aromatic nitrogens is 1. The lowest BCUT2D eigenvalue weighted by atomic mass is 10.1. The van der Waals surface area contributed by atoms with Gasteiger partial charge in [-0.15, -0.1) is 0 Å². The van der Waals surface area contributed by atoms with Crippen LogP contribution in [0.4, 0.5) is 0 Å². The quantitative estimate of drug-likeness (QED) is 0.252. The highest BCUT2D eigenvalue weighted by Crippen LogP contribution is 2.15. The molecule has 6 heteroatoms. The van der Waals surface area contributed by atoms with Crippen molar-refractivity contribution in [3.8, 4) is 0 Å². The molecule has 0 atom stereocenters. The van der Waals surface area contributed by atoms with E-state index in [4.69, 9.17) is 5.11 Å². The predicted octanol–water partition coefficient (Wildman–Crippen LogP) is 6.16. The fourth-order valence-corrected chi connectivity index (χ4v) is 5.02. The van der Waals surface area contributed by atoms with Gasteiger partial charge in [0.25, 0.3) is 0 Å². The van der Waals surface area contributed by atoms with Crippen molar-refractivity contribution in [1.82, 2.24) is 19.7 Å². The summed E-state index contributed by atoms with van der Waals surface area (Å²) in [5.41, 5.74) is 5.18. The molecule has 4 aromatic rings. The van der Waals surface area contributed by atoms with Crippen LogP contribution in [-0.4, -0.2) is 71.8 Å². The maximum Gasteiger partial charge on any atom is 0.217 e. The van der Waals surface area contributed by atoms with Crippen LogP contribution in [0.5, 0.6) is 0 Å². The molecule has 1 saturated heterocycles. The number of carbonyl (C=O) groups is 1. The Bertz CT molecular complexity index is 1260. The first-order valence-corrected chi connectivity index (χ1v) is 15.3. The summed E-state index contributed by atoms with van der Waals surface area (Å²) in [6, 6.07) is 29.8. The smallest absolute Gasteiger partial charge is 0.217 e. The van der Waals surface area contributed by atoms with Crippen LogP contribution in [0, 0.1) is 6.92 Å². The van der Waals surface area contributed by atoms with E-state index in [0.717, 1.165) is 19.2 Å². The molecular weight excluding hydrogens is 520 g/mol. The SMILES string of the molecule is CC.CC(=O)NCc1cccc(C)c1.CO.c1ccc(CCN2CCN(CCCn3ccc4ccccc43)CC2)cc1. The number of fused-ring (bicyclic) bond motifs is 1. The summed E-state index contributed by atoms with van der Waals surface area (Å²) in [5.74, 6) is 0.0107. The van der Waals surface area contributed by atoms with Gasteiger partial charge in [-0.2, -0.15) is 0 Å². The van der Waals surface area contributed by atoms with Gasteiger partial charge in [0.2, 0.25) is 5.91 Å². The predicted molar refractivity (Wildman–Crippen MR) is 178 cm³/mol. The highest BCUT2D eigenvalue weighted by atomic mass is 16.2. The number of nitrogens with zero attached hydrogens (tertiary/aromatic N) is 3. The molecule has 3 aromatic carbocycles. The molecule has 1 aromatic heterocycles. The number of piperazine rings is 1. The molecular formula is C36H52N4O2. The van der Waals surface area contributed by atoms with Gasteiger partial charge in [-0.05, 0) is 55.0 Å². The Labute approximate surface area is 254 Å². The van der Waals surface area contributed by atoms with Crippen LogP contribution in [-0.2, 0) is 24.3 Å². The maximum absolute atomic E-state index is 10.6. The van der Waals surface area contributed by atoms with Crippen LogP contribution in [0.25, 0.3) is 10.9 Å². The summed E-state index contributed by atoms with van der Waals surface area (Å²) in [7, 11) is 1.00. The van der Waals surface area contributed by atoms with E-state index in [1.165, 1.54) is 81.1 Å². The lowest BCUT2D eigenvalue weighted by Gasteiger charge is -2.34. The molecule has 0 unspecified atom stereocenters. The molecule has 0 bridgehead atoms. The molecule has 42 heavy (non-hydrogen) atoms. The van der Waals surface area contributed by atoms with Gasteiger partial charge in [0.15, 0.2) is 0 Å². The van der Waals surface area contributed by atoms with Gasteiger partial charge in [0.1, 0.15) is 0 Å². The third-order valence-corrected chi connectivity index (χ3v) is 7.20. The second-order valence-electron chi connectivity index (χ2n) is 10.2. The van der Waals surface area contributed by atoms with Gasteiger partial charge in [0.05, 0.1) is 0 Å². The van der Waals surface area contributed by atoms with E-state index >= 15 is 0 Å². The number of benzene rings is 3. The topological polar surface area (TPSA) is 60.7 Å². The lowest BCUT2D eigenvalue weighted by Crippen LogP contribution is -2.47. The second-order valence-corrected chi connectivity index (χ2v) is 10.2. The van der Waals surface area contributed by atoms with Crippen molar-refractivity contribution >= 4 is 16.8 Å². The van der Waals surface area contributed by atoms with Crippen LogP contribution in [0.3, 0.4) is 0 Å². The highest BCUT2D eigenvalue weighted by molar-refractivity contribution is 5.79. The van der Waals surface area contributed by atoms with Crippen LogP contribution < -0.4 is 5.32 Å². The molecule has 1 aliphatic heterocycles. The summed E-state index contributed by atoms with van der Waals surface area (Å²) < 4.78 is 2.39. The van der Waals surface area contributed by atoms with Gasteiger partial charge in [-0.3, -0.25) is 4.79 Å². The first-order chi connectivity index (χ1) is 20.6. The summed E-state index contributed by atoms with van der Waals surface area (Å²) >= 11 is 0. The summed E-state index contributed by atoms with van der Waals surface area (Å²) in [6.07, 6.45) is 4.62. The Kier molecular flexibility index (Phi) is 16.9.